The van der Waals surface area contributed by atoms with Crippen molar-refractivity contribution in [2.24, 2.45) is 0 Å². The Balaban J connectivity index is 1.68. The third kappa shape index (κ3) is 4.90. The van der Waals surface area contributed by atoms with Gasteiger partial charge in [0.05, 0.1) is 12.5 Å². The number of ether oxygens (including phenoxy) is 1. The Morgan fingerprint density at radius 3 is 2.33 bits per heavy atom. The minimum absolute atomic E-state index is 0.0130. The van der Waals surface area contributed by atoms with E-state index in [0.29, 0.717) is 32.5 Å². The number of carbonyl (C=O) groups excluding carboxylic acids is 2. The van der Waals surface area contributed by atoms with Crippen LogP contribution in [-0.4, -0.2) is 43.5 Å². The lowest BCUT2D eigenvalue weighted by Crippen LogP contribution is -2.52. The second kappa shape index (κ2) is 10.1. The van der Waals surface area contributed by atoms with Crippen LogP contribution in [0.3, 0.4) is 0 Å². The molecule has 3 rings (SSSR count). The van der Waals surface area contributed by atoms with Crippen LogP contribution in [0.4, 0.5) is 0 Å². The lowest BCUT2D eigenvalue weighted by Gasteiger charge is -2.40. The fourth-order valence-electron chi connectivity index (χ4n) is 4.04. The molecule has 0 bridgehead atoms. The average molecular weight is 407 g/mol. The third-order valence-electron chi connectivity index (χ3n) is 5.86. The summed E-state index contributed by atoms with van der Waals surface area (Å²) < 4.78 is 5.19. The van der Waals surface area contributed by atoms with Crippen LogP contribution in [0.1, 0.15) is 30.9 Å². The van der Waals surface area contributed by atoms with Gasteiger partial charge in [-0.25, -0.2) is 0 Å². The zero-order valence-corrected chi connectivity index (χ0v) is 17.8. The third-order valence-corrected chi connectivity index (χ3v) is 5.86. The van der Waals surface area contributed by atoms with Gasteiger partial charge in [-0.05, 0) is 55.5 Å². The Labute approximate surface area is 178 Å². The van der Waals surface area contributed by atoms with E-state index in [1.165, 1.54) is 0 Å². The number of benzene rings is 2. The van der Waals surface area contributed by atoms with Crippen LogP contribution in [0.2, 0.25) is 0 Å². The van der Waals surface area contributed by atoms with E-state index >= 15 is 0 Å². The average Bonchev–Trinajstić information content (AvgIpc) is 2.80. The first-order valence-corrected chi connectivity index (χ1v) is 10.5. The number of allylic oxidation sites excluding steroid dienone is 1. The largest absolute Gasteiger partial charge is 0.497 e. The van der Waals surface area contributed by atoms with E-state index in [-0.39, 0.29) is 11.8 Å². The minimum atomic E-state index is -0.603. The summed E-state index contributed by atoms with van der Waals surface area (Å²) in [7, 11) is 1.65. The summed E-state index contributed by atoms with van der Waals surface area (Å²) in [6.07, 6.45) is 5.34. The van der Waals surface area contributed by atoms with Gasteiger partial charge in [0.15, 0.2) is 0 Å². The van der Waals surface area contributed by atoms with Crippen LogP contribution in [0.25, 0.3) is 0 Å². The molecule has 0 aliphatic carbocycles. The molecule has 30 heavy (non-hydrogen) atoms. The van der Waals surface area contributed by atoms with Gasteiger partial charge in [0.2, 0.25) is 11.8 Å². The number of likely N-dealkylation sites (tertiary alicyclic amines) is 1. The Hall–Kier alpha value is -3.08. The number of rotatable bonds is 7. The van der Waals surface area contributed by atoms with Crippen molar-refractivity contribution in [2.45, 2.75) is 31.6 Å². The maximum atomic E-state index is 13.4. The van der Waals surface area contributed by atoms with E-state index in [2.05, 4.69) is 5.32 Å². The molecule has 1 saturated heterocycles. The van der Waals surface area contributed by atoms with Crippen LogP contribution in [0.15, 0.2) is 66.7 Å². The maximum Gasteiger partial charge on any atom is 0.246 e. The van der Waals surface area contributed by atoms with E-state index in [4.69, 9.17) is 4.74 Å². The maximum absolute atomic E-state index is 13.4. The van der Waals surface area contributed by atoms with Crippen LogP contribution in [0, 0.1) is 0 Å². The number of hydrogen-bond donors (Lipinski definition) is 1. The first-order valence-electron chi connectivity index (χ1n) is 10.5. The summed E-state index contributed by atoms with van der Waals surface area (Å²) in [4.78, 5) is 27.4. The van der Waals surface area contributed by atoms with Crippen molar-refractivity contribution in [3.63, 3.8) is 0 Å². The molecule has 0 aromatic heterocycles. The molecular formula is C25H30N2O3. The fourth-order valence-corrected chi connectivity index (χ4v) is 4.04. The number of nitrogens with zero attached hydrogens (tertiary/aromatic N) is 1. The number of hydrogen-bond acceptors (Lipinski definition) is 3. The van der Waals surface area contributed by atoms with Gasteiger partial charge in [0.1, 0.15) is 5.75 Å². The molecule has 0 radical (unpaired) electrons. The molecule has 0 atom stereocenters. The summed E-state index contributed by atoms with van der Waals surface area (Å²) in [5.74, 6) is 0.879. The molecule has 1 heterocycles. The highest BCUT2D eigenvalue weighted by Crippen LogP contribution is 2.36. The number of carbonyl (C=O) groups is 2. The second-order valence-corrected chi connectivity index (χ2v) is 7.63. The number of amides is 2. The van der Waals surface area contributed by atoms with Crippen molar-refractivity contribution in [3.05, 3.63) is 77.9 Å². The highest BCUT2D eigenvalue weighted by atomic mass is 16.5. The summed E-state index contributed by atoms with van der Waals surface area (Å²) >= 11 is 0. The van der Waals surface area contributed by atoms with Gasteiger partial charge in [-0.3, -0.25) is 9.59 Å². The molecule has 2 amide bonds. The van der Waals surface area contributed by atoms with E-state index in [1.807, 2.05) is 66.4 Å². The van der Waals surface area contributed by atoms with Gasteiger partial charge in [0, 0.05) is 19.6 Å². The molecule has 1 aliphatic heterocycles. The molecule has 1 aliphatic rings. The summed E-state index contributed by atoms with van der Waals surface area (Å²) in [5.41, 5.74) is 1.56. The Kier molecular flexibility index (Phi) is 7.28. The molecule has 2 aromatic rings. The first-order chi connectivity index (χ1) is 14.6. The minimum Gasteiger partial charge on any atom is -0.497 e. The molecule has 0 spiro atoms. The molecule has 158 valence electrons. The van der Waals surface area contributed by atoms with Crippen LogP contribution < -0.4 is 10.1 Å². The smallest absolute Gasteiger partial charge is 0.246 e. The van der Waals surface area contributed by atoms with Crippen molar-refractivity contribution in [2.75, 3.05) is 26.7 Å². The van der Waals surface area contributed by atoms with Crippen molar-refractivity contribution in [1.29, 1.82) is 0 Å². The number of piperidine rings is 1. The second-order valence-electron chi connectivity index (χ2n) is 7.63. The zero-order valence-electron chi connectivity index (χ0n) is 17.8. The van der Waals surface area contributed by atoms with Crippen LogP contribution in [0.5, 0.6) is 5.75 Å². The van der Waals surface area contributed by atoms with E-state index in [9.17, 15) is 9.59 Å². The standard InChI is InChI=1S/C25H30N2O3/c1-3-7-23(28)27-18-15-25(16-19-27,21-8-5-4-6-9-21)24(29)26-17-14-20-10-12-22(30-2)13-11-20/h3-13H,14-19H2,1-2H3,(H,26,29). The topological polar surface area (TPSA) is 58.6 Å². The predicted octanol–water partition coefficient (Wildman–Crippen LogP) is 3.49. The van der Waals surface area contributed by atoms with E-state index < -0.39 is 5.41 Å². The van der Waals surface area contributed by atoms with Gasteiger partial charge in [-0.1, -0.05) is 48.5 Å². The van der Waals surface area contributed by atoms with Crippen molar-refractivity contribution < 1.29 is 14.3 Å². The van der Waals surface area contributed by atoms with Crippen LogP contribution >= 0.6 is 0 Å². The predicted molar refractivity (Wildman–Crippen MR) is 118 cm³/mol. The lowest BCUT2D eigenvalue weighted by atomic mass is 9.72. The quantitative estimate of drug-likeness (QED) is 0.716. The monoisotopic (exact) mass is 406 g/mol. The van der Waals surface area contributed by atoms with Gasteiger partial charge < -0.3 is 15.0 Å². The first kappa shape index (κ1) is 21.6. The normalized spacial score (nSPS) is 15.7. The van der Waals surface area contributed by atoms with Gasteiger partial charge in [-0.2, -0.15) is 0 Å². The fraction of sp³-hybridized carbons (Fsp3) is 0.360. The van der Waals surface area contributed by atoms with E-state index in [0.717, 1.165) is 23.3 Å². The Morgan fingerprint density at radius 2 is 1.73 bits per heavy atom. The van der Waals surface area contributed by atoms with Gasteiger partial charge in [0.25, 0.3) is 0 Å². The molecule has 1 fully saturated rings. The summed E-state index contributed by atoms with van der Waals surface area (Å²) in [6, 6.07) is 17.8. The molecule has 5 heteroatoms. The Morgan fingerprint density at radius 1 is 1.07 bits per heavy atom. The number of nitrogens with one attached hydrogen (secondary N) is 1. The molecule has 0 unspecified atom stereocenters. The molecule has 1 N–H and O–H groups in total. The molecular weight excluding hydrogens is 376 g/mol. The molecule has 5 nitrogen and oxygen atoms in total. The van der Waals surface area contributed by atoms with Crippen molar-refractivity contribution in [1.82, 2.24) is 10.2 Å². The van der Waals surface area contributed by atoms with Crippen LogP contribution in [-0.2, 0) is 21.4 Å². The van der Waals surface area contributed by atoms with Crippen molar-refractivity contribution >= 4 is 11.8 Å². The summed E-state index contributed by atoms with van der Waals surface area (Å²) in [6.45, 7) is 3.56. The SMILES string of the molecule is CC=CC(=O)N1CCC(C(=O)NCCc2ccc(OC)cc2)(c2ccccc2)CC1. The van der Waals surface area contributed by atoms with E-state index in [1.54, 1.807) is 19.3 Å². The lowest BCUT2D eigenvalue weighted by molar-refractivity contribution is -0.133. The number of methoxy groups -OCH3 is 1. The highest BCUT2D eigenvalue weighted by molar-refractivity contribution is 5.90. The highest BCUT2D eigenvalue weighted by Gasteiger charge is 2.43. The van der Waals surface area contributed by atoms with Crippen molar-refractivity contribution in [3.8, 4) is 5.75 Å². The molecule has 0 saturated carbocycles. The Bertz CT molecular complexity index is 867. The zero-order chi connectivity index (χ0) is 21.4. The van der Waals surface area contributed by atoms with Gasteiger partial charge in [-0.15, -0.1) is 0 Å². The molecule has 2 aromatic carbocycles. The summed E-state index contributed by atoms with van der Waals surface area (Å²) in [5, 5.41) is 3.15. The van der Waals surface area contributed by atoms with Gasteiger partial charge >= 0.3 is 0 Å².